The van der Waals surface area contributed by atoms with Gasteiger partial charge in [-0.15, -0.1) is 0 Å². The van der Waals surface area contributed by atoms with Crippen LogP contribution in [-0.4, -0.2) is 41.8 Å². The van der Waals surface area contributed by atoms with E-state index in [1.54, 1.807) is 12.1 Å². The van der Waals surface area contributed by atoms with Crippen molar-refractivity contribution < 1.29 is 14.3 Å². The molecule has 2 rings (SSSR count). The molecule has 3 atom stereocenters. The van der Waals surface area contributed by atoms with Crippen molar-refractivity contribution in [3.8, 4) is 6.07 Å². The van der Waals surface area contributed by atoms with Gasteiger partial charge in [0.2, 0.25) is 5.91 Å². The van der Waals surface area contributed by atoms with Crippen molar-refractivity contribution in [2.75, 3.05) is 6.61 Å². The van der Waals surface area contributed by atoms with Crippen LogP contribution < -0.4 is 10.6 Å². The summed E-state index contributed by atoms with van der Waals surface area (Å²) in [7, 11) is 0. The molecule has 2 aromatic rings. The average Bonchev–Trinajstić information content (AvgIpc) is 2.85. The molecule has 2 aromatic carbocycles. The number of rotatable bonds is 10. The zero-order valence-electron chi connectivity index (χ0n) is 22.3. The highest BCUT2D eigenvalue weighted by Gasteiger charge is 2.29. The number of carbonyl (C=O) groups is 2. The van der Waals surface area contributed by atoms with E-state index in [1.165, 1.54) is 0 Å². The maximum Gasteiger partial charge on any atom is 0.412 e. The van der Waals surface area contributed by atoms with Crippen LogP contribution in [0.5, 0.6) is 0 Å². The van der Waals surface area contributed by atoms with Crippen molar-refractivity contribution >= 4 is 30.5 Å². The molecule has 0 aliphatic heterocycles. The van der Waals surface area contributed by atoms with Crippen molar-refractivity contribution in [2.45, 2.75) is 64.8 Å². The van der Waals surface area contributed by atoms with Crippen molar-refractivity contribution in [3.05, 3.63) is 71.8 Å². The molecule has 0 heterocycles. The van der Waals surface area contributed by atoms with Crippen LogP contribution in [0.1, 0.15) is 52.2 Å². The molecule has 0 aliphatic carbocycles. The number of hydrogen-bond donors (Lipinski definition) is 3. The van der Waals surface area contributed by atoms with Crippen LogP contribution in [0.2, 0.25) is 0 Å². The highest BCUT2D eigenvalue weighted by molar-refractivity contribution is 7.81. The van der Waals surface area contributed by atoms with Crippen LogP contribution in [0.4, 0.5) is 4.79 Å². The minimum Gasteiger partial charge on any atom is -0.449 e. The summed E-state index contributed by atoms with van der Waals surface area (Å²) < 4.78 is 5.28. The number of amidine groups is 1. The predicted molar refractivity (Wildman–Crippen MR) is 151 cm³/mol. The van der Waals surface area contributed by atoms with E-state index < -0.39 is 29.3 Å². The van der Waals surface area contributed by atoms with E-state index in [0.29, 0.717) is 18.4 Å². The number of ether oxygens (including phenoxy) is 1. The second-order valence-electron chi connectivity index (χ2n) is 10.6. The van der Waals surface area contributed by atoms with Gasteiger partial charge < -0.3 is 10.1 Å². The lowest BCUT2D eigenvalue weighted by Gasteiger charge is -2.26. The van der Waals surface area contributed by atoms with Gasteiger partial charge in [0.25, 0.3) is 0 Å². The van der Waals surface area contributed by atoms with Gasteiger partial charge in [-0.3, -0.25) is 15.1 Å². The number of carbonyl (C=O) groups excluding carboxylic acids is 2. The van der Waals surface area contributed by atoms with Crippen LogP contribution in [0, 0.1) is 22.7 Å². The fraction of sp³-hybridized carbons (Fsp3) is 0.448. The second-order valence-corrected chi connectivity index (χ2v) is 11.3. The number of nitrogens with zero attached hydrogens (tertiary/aromatic N) is 2. The predicted octanol–water partition coefficient (Wildman–Crippen LogP) is 5.17. The quantitative estimate of drug-likeness (QED) is 0.227. The van der Waals surface area contributed by atoms with E-state index >= 15 is 0 Å². The van der Waals surface area contributed by atoms with Crippen molar-refractivity contribution in [1.82, 2.24) is 10.6 Å². The average molecular weight is 523 g/mol. The minimum absolute atomic E-state index is 0.176. The number of benzene rings is 2. The zero-order chi connectivity index (χ0) is 27.4. The van der Waals surface area contributed by atoms with Gasteiger partial charge in [0.1, 0.15) is 17.9 Å². The molecule has 0 aliphatic rings. The first-order chi connectivity index (χ1) is 17.5. The molecular formula is C29H38N4O3S. The largest absolute Gasteiger partial charge is 0.449 e. The highest BCUT2D eigenvalue weighted by Crippen LogP contribution is 2.23. The molecule has 7 nitrogen and oxygen atoms in total. The van der Waals surface area contributed by atoms with Crippen molar-refractivity contribution in [3.63, 3.8) is 0 Å². The van der Waals surface area contributed by atoms with Gasteiger partial charge >= 0.3 is 6.09 Å². The molecule has 2 amide bonds. The minimum atomic E-state index is -0.853. The summed E-state index contributed by atoms with van der Waals surface area (Å²) >= 11 is 4.61. The highest BCUT2D eigenvalue weighted by atomic mass is 32.1. The molecule has 0 saturated carbocycles. The summed E-state index contributed by atoms with van der Waals surface area (Å²) in [6, 6.07) is 19.3. The monoisotopic (exact) mass is 522 g/mol. The summed E-state index contributed by atoms with van der Waals surface area (Å²) in [5, 5.41) is 14.9. The molecule has 0 aromatic heterocycles. The lowest BCUT2D eigenvalue weighted by molar-refractivity contribution is -0.123. The normalized spacial score (nSPS) is 14.3. The Labute approximate surface area is 226 Å². The van der Waals surface area contributed by atoms with Gasteiger partial charge in [0.05, 0.1) is 12.7 Å². The van der Waals surface area contributed by atoms with Gasteiger partial charge in [-0.2, -0.15) is 17.9 Å². The first-order valence-electron chi connectivity index (χ1n) is 12.5. The Morgan fingerprint density at radius 1 is 1.05 bits per heavy atom. The molecule has 3 unspecified atom stereocenters. The number of amides is 2. The van der Waals surface area contributed by atoms with Crippen molar-refractivity contribution in [1.29, 1.82) is 5.26 Å². The van der Waals surface area contributed by atoms with E-state index in [-0.39, 0.29) is 23.8 Å². The van der Waals surface area contributed by atoms with Gasteiger partial charge in [-0.05, 0) is 29.7 Å². The molecule has 0 saturated heterocycles. The lowest BCUT2D eigenvalue weighted by Crippen LogP contribution is -2.46. The third-order valence-electron chi connectivity index (χ3n) is 5.32. The number of thiol groups is 1. The first-order valence-corrected chi connectivity index (χ1v) is 13.0. The van der Waals surface area contributed by atoms with E-state index in [2.05, 4.69) is 34.3 Å². The Morgan fingerprint density at radius 3 is 2.19 bits per heavy atom. The number of alkyl carbamates (subject to hydrolysis) is 1. The van der Waals surface area contributed by atoms with E-state index in [0.717, 1.165) is 5.56 Å². The smallest absolute Gasteiger partial charge is 0.412 e. The molecule has 198 valence electrons. The van der Waals surface area contributed by atoms with Gasteiger partial charge in [-0.25, -0.2) is 4.79 Å². The van der Waals surface area contributed by atoms with Gasteiger partial charge in [0.15, 0.2) is 0 Å². The topological polar surface area (TPSA) is 104 Å². The van der Waals surface area contributed by atoms with E-state index in [1.807, 2.05) is 83.1 Å². The molecular weight excluding hydrogens is 484 g/mol. The van der Waals surface area contributed by atoms with E-state index in [9.17, 15) is 14.9 Å². The molecule has 0 spiro atoms. The third-order valence-corrected chi connectivity index (χ3v) is 5.80. The van der Waals surface area contributed by atoms with Gasteiger partial charge in [0, 0.05) is 10.8 Å². The summed E-state index contributed by atoms with van der Waals surface area (Å²) in [6.07, 6.45) is 0.277. The fourth-order valence-electron chi connectivity index (χ4n) is 3.52. The third kappa shape index (κ3) is 11.1. The molecule has 2 N–H and O–H groups in total. The lowest BCUT2D eigenvalue weighted by atomic mass is 9.87. The van der Waals surface area contributed by atoms with Crippen molar-refractivity contribution in [2.24, 2.45) is 16.3 Å². The second kappa shape index (κ2) is 14.4. The Bertz CT molecular complexity index is 1080. The van der Waals surface area contributed by atoms with Crippen LogP contribution in [-0.2, 0) is 16.0 Å². The summed E-state index contributed by atoms with van der Waals surface area (Å²) in [4.78, 5) is 30.6. The van der Waals surface area contributed by atoms with Crippen LogP contribution in [0.3, 0.4) is 0 Å². The molecule has 8 heteroatoms. The fourth-order valence-corrected chi connectivity index (χ4v) is 3.87. The molecule has 0 fully saturated rings. The Kier molecular flexibility index (Phi) is 11.7. The Hall–Kier alpha value is -3.31. The maximum absolute atomic E-state index is 13.5. The standard InChI is InChI=1S/C29H38N4O3S/c1-20(2)19-36-28(35)33-26(22-14-10-7-11-15-22)31-23(17-29(3,4)5)27(34)32-24(18-30)25(37)16-21-12-8-6-9-13-21/h6-15,20,23-25,37H,16-17,19H2,1-5H3,(H,32,34)(H,31,33,35). The number of nitriles is 1. The first kappa shape index (κ1) is 29.9. The van der Waals surface area contributed by atoms with Gasteiger partial charge in [-0.1, -0.05) is 95.3 Å². The number of nitrogens with one attached hydrogen (secondary N) is 2. The molecule has 37 heavy (non-hydrogen) atoms. The van der Waals surface area contributed by atoms with Crippen LogP contribution in [0.25, 0.3) is 0 Å². The summed E-state index contributed by atoms with van der Waals surface area (Å²) in [5.41, 5.74) is 1.42. The summed E-state index contributed by atoms with van der Waals surface area (Å²) in [6.45, 7) is 10.2. The Balaban J connectivity index is 2.31. The number of aliphatic imine (C=N–C) groups is 1. The van der Waals surface area contributed by atoms with E-state index in [4.69, 9.17) is 4.74 Å². The Morgan fingerprint density at radius 2 is 1.65 bits per heavy atom. The molecule has 0 radical (unpaired) electrons. The SMILES string of the molecule is CC(C)COC(=O)NC(=NC(CC(C)(C)C)C(=O)NC(C#N)C(S)Cc1ccccc1)c1ccccc1. The maximum atomic E-state index is 13.5. The van der Waals surface area contributed by atoms with Crippen LogP contribution >= 0.6 is 12.6 Å². The summed E-state index contributed by atoms with van der Waals surface area (Å²) in [5.74, 6) is 0.00796. The number of hydrogen-bond acceptors (Lipinski definition) is 6. The zero-order valence-corrected chi connectivity index (χ0v) is 23.2. The molecule has 0 bridgehead atoms. The van der Waals surface area contributed by atoms with Crippen LogP contribution in [0.15, 0.2) is 65.7 Å².